The molecule has 7 nitrogen and oxygen atoms in total. The Bertz CT molecular complexity index is 1560. The van der Waals surface area contributed by atoms with Crippen molar-refractivity contribution < 1.29 is 4.79 Å². The fourth-order valence-corrected chi connectivity index (χ4v) is 4.50. The first kappa shape index (κ1) is 20.2. The van der Waals surface area contributed by atoms with Gasteiger partial charge in [-0.15, -0.1) is 10.2 Å². The van der Waals surface area contributed by atoms with Gasteiger partial charge in [-0.3, -0.25) is 14.2 Å². The van der Waals surface area contributed by atoms with E-state index in [1.54, 1.807) is 0 Å². The number of likely N-dealkylation sites (N-methyl/N-ethyl adjacent to an activating group) is 1. The lowest BCUT2D eigenvalue weighted by Gasteiger charge is -2.19. The van der Waals surface area contributed by atoms with Crippen LogP contribution in [-0.2, 0) is 0 Å². The van der Waals surface area contributed by atoms with Crippen molar-refractivity contribution >= 4 is 29.2 Å². The van der Waals surface area contributed by atoms with Crippen LogP contribution in [0.3, 0.4) is 0 Å². The molecule has 1 aliphatic rings. The normalized spacial score (nSPS) is 17.6. The quantitative estimate of drug-likeness (QED) is 0.370. The van der Waals surface area contributed by atoms with E-state index in [0.29, 0.717) is 5.56 Å². The van der Waals surface area contributed by atoms with E-state index in [1.807, 2.05) is 72.5 Å². The summed E-state index contributed by atoms with van der Waals surface area (Å²) >= 11 is 0. The average molecular weight is 447 g/mol. The van der Waals surface area contributed by atoms with Gasteiger partial charge in [0.05, 0.1) is 23.6 Å². The van der Waals surface area contributed by atoms with E-state index in [1.165, 1.54) is 0 Å². The number of aldehydes is 1. The molecule has 1 aliphatic heterocycles. The number of aliphatic imine (C=N–C) groups is 1. The van der Waals surface area contributed by atoms with Crippen molar-refractivity contribution in [3.8, 4) is 22.4 Å². The standard InChI is InChI=1S/C27H22N6O/c1-17-24(28-16-32(17)2)27-31-30-26-22-14-21(19-6-4-3-5-7-19)25(29-23(22)12-13-33(26)27)20-10-8-18(15-34)9-11-20/h3-17,24H,1-2H3. The van der Waals surface area contributed by atoms with E-state index in [0.717, 1.165) is 51.0 Å². The summed E-state index contributed by atoms with van der Waals surface area (Å²) in [6.07, 6.45) is 4.68. The molecule has 4 heterocycles. The average Bonchev–Trinajstić information content (AvgIpc) is 3.46. The molecule has 0 N–H and O–H groups in total. The molecule has 0 spiro atoms. The van der Waals surface area contributed by atoms with Crippen LogP contribution in [-0.4, -0.2) is 50.2 Å². The Hall–Kier alpha value is -4.39. The summed E-state index contributed by atoms with van der Waals surface area (Å²) < 4.78 is 2.02. The molecule has 7 heteroatoms. The first-order chi connectivity index (χ1) is 16.6. The topological polar surface area (TPSA) is 75.8 Å². The van der Waals surface area contributed by atoms with E-state index in [2.05, 4.69) is 45.2 Å². The van der Waals surface area contributed by atoms with Crippen LogP contribution in [0.4, 0.5) is 0 Å². The van der Waals surface area contributed by atoms with Crippen LogP contribution in [0.1, 0.15) is 29.1 Å². The van der Waals surface area contributed by atoms with Crippen LogP contribution in [0, 0.1) is 0 Å². The number of carbonyl (C=O) groups is 1. The van der Waals surface area contributed by atoms with E-state index in [9.17, 15) is 4.79 Å². The van der Waals surface area contributed by atoms with Crippen LogP contribution >= 0.6 is 0 Å². The highest BCUT2D eigenvalue weighted by Gasteiger charge is 2.30. The molecule has 166 valence electrons. The summed E-state index contributed by atoms with van der Waals surface area (Å²) in [4.78, 5) is 22.9. The minimum atomic E-state index is -0.0744. The van der Waals surface area contributed by atoms with Gasteiger partial charge < -0.3 is 4.90 Å². The van der Waals surface area contributed by atoms with Gasteiger partial charge in [0.2, 0.25) is 0 Å². The van der Waals surface area contributed by atoms with E-state index < -0.39 is 0 Å². The Labute approximate surface area is 196 Å². The van der Waals surface area contributed by atoms with Crippen LogP contribution < -0.4 is 0 Å². The first-order valence-corrected chi connectivity index (χ1v) is 11.2. The maximum atomic E-state index is 11.1. The molecule has 0 aliphatic carbocycles. The molecule has 5 aromatic rings. The summed E-state index contributed by atoms with van der Waals surface area (Å²) in [6, 6.07) is 22.0. The van der Waals surface area contributed by atoms with Crippen LogP contribution in [0.5, 0.6) is 0 Å². The number of hydrogen-bond acceptors (Lipinski definition) is 6. The molecule has 0 saturated heterocycles. The number of nitrogens with zero attached hydrogens (tertiary/aromatic N) is 6. The molecule has 34 heavy (non-hydrogen) atoms. The molecular weight excluding hydrogens is 424 g/mol. The molecule has 0 fully saturated rings. The molecule has 6 rings (SSSR count). The Balaban J connectivity index is 1.58. The van der Waals surface area contributed by atoms with Crippen molar-refractivity contribution in [2.45, 2.75) is 19.0 Å². The Morgan fingerprint density at radius 1 is 0.941 bits per heavy atom. The number of fused-ring (bicyclic) bond motifs is 3. The van der Waals surface area contributed by atoms with E-state index in [4.69, 9.17) is 4.98 Å². The summed E-state index contributed by atoms with van der Waals surface area (Å²) in [5, 5.41) is 10.0. The Kier molecular flexibility index (Phi) is 4.69. The number of carbonyl (C=O) groups excluding carboxylic acids is 1. The lowest BCUT2D eigenvalue weighted by molar-refractivity contribution is 0.112. The van der Waals surface area contributed by atoms with Crippen LogP contribution in [0.2, 0.25) is 0 Å². The van der Waals surface area contributed by atoms with Gasteiger partial charge in [0.15, 0.2) is 11.5 Å². The highest BCUT2D eigenvalue weighted by molar-refractivity contribution is 5.98. The monoisotopic (exact) mass is 446 g/mol. The maximum absolute atomic E-state index is 11.1. The lowest BCUT2D eigenvalue weighted by Crippen LogP contribution is -2.27. The minimum absolute atomic E-state index is 0.0744. The largest absolute Gasteiger partial charge is 0.361 e. The number of rotatable bonds is 4. The molecule has 2 unspecified atom stereocenters. The zero-order valence-corrected chi connectivity index (χ0v) is 18.8. The molecule has 0 saturated carbocycles. The van der Waals surface area contributed by atoms with Crippen molar-refractivity contribution in [1.82, 2.24) is 24.5 Å². The number of benzene rings is 2. The van der Waals surface area contributed by atoms with Gasteiger partial charge in [0, 0.05) is 35.3 Å². The zero-order valence-electron chi connectivity index (χ0n) is 18.8. The number of aromatic nitrogens is 4. The summed E-state index contributed by atoms with van der Waals surface area (Å²) in [7, 11) is 2.02. The first-order valence-electron chi connectivity index (χ1n) is 11.2. The fraction of sp³-hybridized carbons (Fsp3) is 0.148. The smallest absolute Gasteiger partial charge is 0.170 e. The molecule has 2 aromatic carbocycles. The molecular formula is C27H22N6O. The third kappa shape index (κ3) is 3.16. The second-order valence-corrected chi connectivity index (χ2v) is 8.61. The molecule has 3 aromatic heterocycles. The van der Waals surface area contributed by atoms with Gasteiger partial charge in [-0.2, -0.15) is 0 Å². The Morgan fingerprint density at radius 3 is 2.44 bits per heavy atom. The SMILES string of the molecule is CC1C(c2nnc3c4cc(-c5ccccc5)c(-c5ccc(C=O)cc5)nc4ccn23)N=CN1C. The molecule has 0 bridgehead atoms. The van der Waals surface area contributed by atoms with Crippen molar-refractivity contribution in [3.05, 3.63) is 84.3 Å². The van der Waals surface area contributed by atoms with Crippen LogP contribution in [0.25, 0.3) is 38.9 Å². The van der Waals surface area contributed by atoms with E-state index >= 15 is 0 Å². The third-order valence-corrected chi connectivity index (χ3v) is 6.57. The van der Waals surface area contributed by atoms with Crippen molar-refractivity contribution in [2.24, 2.45) is 4.99 Å². The van der Waals surface area contributed by atoms with Crippen LogP contribution in [0.15, 0.2) is 77.9 Å². The van der Waals surface area contributed by atoms with Crippen molar-refractivity contribution in [1.29, 1.82) is 0 Å². The molecule has 0 radical (unpaired) electrons. The van der Waals surface area contributed by atoms with Crippen molar-refractivity contribution in [3.63, 3.8) is 0 Å². The highest BCUT2D eigenvalue weighted by atomic mass is 16.1. The second kappa shape index (κ2) is 7.88. The Morgan fingerprint density at radius 2 is 1.74 bits per heavy atom. The minimum Gasteiger partial charge on any atom is -0.361 e. The van der Waals surface area contributed by atoms with Gasteiger partial charge in [0.25, 0.3) is 0 Å². The zero-order chi connectivity index (χ0) is 23.2. The molecule has 0 amide bonds. The van der Waals surface area contributed by atoms with Gasteiger partial charge in [0.1, 0.15) is 12.3 Å². The summed E-state index contributed by atoms with van der Waals surface area (Å²) in [5.74, 6) is 0.819. The molecule has 2 atom stereocenters. The predicted octanol–water partition coefficient (Wildman–Crippen LogP) is 4.83. The number of pyridine rings is 2. The maximum Gasteiger partial charge on any atom is 0.170 e. The second-order valence-electron chi connectivity index (χ2n) is 8.61. The van der Waals surface area contributed by atoms with Gasteiger partial charge in [-0.05, 0) is 24.6 Å². The van der Waals surface area contributed by atoms with E-state index in [-0.39, 0.29) is 12.1 Å². The summed E-state index contributed by atoms with van der Waals surface area (Å²) in [5.41, 5.74) is 6.09. The van der Waals surface area contributed by atoms with Gasteiger partial charge >= 0.3 is 0 Å². The van der Waals surface area contributed by atoms with Crippen molar-refractivity contribution in [2.75, 3.05) is 7.05 Å². The summed E-state index contributed by atoms with van der Waals surface area (Å²) in [6.45, 7) is 2.14. The number of hydrogen-bond donors (Lipinski definition) is 0. The lowest BCUT2D eigenvalue weighted by atomic mass is 9.97. The fourth-order valence-electron chi connectivity index (χ4n) is 4.50. The van der Waals surface area contributed by atoms with Gasteiger partial charge in [-0.25, -0.2) is 4.98 Å². The van der Waals surface area contributed by atoms with Gasteiger partial charge in [-0.1, -0.05) is 54.6 Å². The predicted molar refractivity (Wildman–Crippen MR) is 133 cm³/mol. The third-order valence-electron chi connectivity index (χ3n) is 6.57. The highest BCUT2D eigenvalue weighted by Crippen LogP contribution is 2.35.